The SMILES string of the molecule is CCCCOC(=O)CC1C(=O)NCCN1C(=S)NC(=O)Cc1ccccc1. The van der Waals surface area contributed by atoms with Gasteiger partial charge in [0.2, 0.25) is 11.8 Å². The molecular formula is C19H25N3O4S. The van der Waals surface area contributed by atoms with Gasteiger partial charge in [0, 0.05) is 13.1 Å². The number of hydrogen-bond donors (Lipinski definition) is 2. The predicted molar refractivity (Wildman–Crippen MR) is 105 cm³/mol. The zero-order valence-electron chi connectivity index (χ0n) is 15.4. The summed E-state index contributed by atoms with van der Waals surface area (Å²) in [6.07, 6.45) is 1.77. The van der Waals surface area contributed by atoms with E-state index in [1.165, 1.54) is 0 Å². The smallest absolute Gasteiger partial charge is 0.308 e. The van der Waals surface area contributed by atoms with E-state index in [1.807, 2.05) is 37.3 Å². The number of esters is 1. The van der Waals surface area contributed by atoms with Crippen LogP contribution in [0.4, 0.5) is 0 Å². The van der Waals surface area contributed by atoms with Crippen LogP contribution < -0.4 is 10.6 Å². The van der Waals surface area contributed by atoms with Gasteiger partial charge in [-0.05, 0) is 24.2 Å². The second-order valence-electron chi connectivity index (χ2n) is 6.29. The number of nitrogens with one attached hydrogen (secondary N) is 2. The molecule has 2 N–H and O–H groups in total. The average Bonchev–Trinajstić information content (AvgIpc) is 2.64. The summed E-state index contributed by atoms with van der Waals surface area (Å²) < 4.78 is 5.15. The van der Waals surface area contributed by atoms with Crippen molar-refractivity contribution in [2.75, 3.05) is 19.7 Å². The minimum absolute atomic E-state index is 0.107. The molecule has 1 aliphatic rings. The Morgan fingerprint density at radius 2 is 2.07 bits per heavy atom. The predicted octanol–water partition coefficient (Wildman–Crippen LogP) is 1.16. The molecule has 7 nitrogen and oxygen atoms in total. The van der Waals surface area contributed by atoms with Crippen LogP contribution in [0.25, 0.3) is 0 Å². The molecule has 146 valence electrons. The molecule has 0 bridgehead atoms. The number of piperazine rings is 1. The van der Waals surface area contributed by atoms with Crippen molar-refractivity contribution in [3.8, 4) is 0 Å². The van der Waals surface area contributed by atoms with Gasteiger partial charge < -0.3 is 20.3 Å². The fourth-order valence-corrected chi connectivity index (χ4v) is 3.06. The third-order valence-corrected chi connectivity index (χ3v) is 4.50. The lowest BCUT2D eigenvalue weighted by Gasteiger charge is -2.36. The maximum atomic E-state index is 12.2. The maximum absolute atomic E-state index is 12.2. The monoisotopic (exact) mass is 391 g/mol. The molecule has 0 spiro atoms. The molecule has 2 rings (SSSR count). The highest BCUT2D eigenvalue weighted by Gasteiger charge is 2.34. The van der Waals surface area contributed by atoms with Crippen molar-refractivity contribution in [3.05, 3.63) is 35.9 Å². The first-order valence-electron chi connectivity index (χ1n) is 9.09. The minimum Gasteiger partial charge on any atom is -0.466 e. The third-order valence-electron chi connectivity index (χ3n) is 4.17. The van der Waals surface area contributed by atoms with Crippen LogP contribution in [0, 0.1) is 0 Å². The number of rotatable bonds is 7. The van der Waals surface area contributed by atoms with Crippen LogP contribution in [0.2, 0.25) is 0 Å². The summed E-state index contributed by atoms with van der Waals surface area (Å²) in [5.74, 6) is -1.01. The number of nitrogens with zero attached hydrogens (tertiary/aromatic N) is 1. The molecular weight excluding hydrogens is 366 g/mol. The summed E-state index contributed by atoms with van der Waals surface area (Å²) >= 11 is 5.32. The lowest BCUT2D eigenvalue weighted by Crippen LogP contribution is -2.60. The van der Waals surface area contributed by atoms with Gasteiger partial charge in [0.25, 0.3) is 0 Å². The number of carbonyl (C=O) groups excluding carboxylic acids is 3. The zero-order valence-corrected chi connectivity index (χ0v) is 16.2. The van der Waals surface area contributed by atoms with Gasteiger partial charge in [0.15, 0.2) is 5.11 Å². The normalized spacial score (nSPS) is 16.4. The first-order valence-corrected chi connectivity index (χ1v) is 9.49. The van der Waals surface area contributed by atoms with E-state index in [4.69, 9.17) is 17.0 Å². The summed E-state index contributed by atoms with van der Waals surface area (Å²) in [7, 11) is 0. The Hall–Kier alpha value is -2.48. The maximum Gasteiger partial charge on any atom is 0.308 e. The second kappa shape index (κ2) is 10.6. The molecule has 0 aromatic heterocycles. The molecule has 1 saturated heterocycles. The molecule has 2 amide bonds. The first-order chi connectivity index (χ1) is 13.0. The molecule has 1 atom stereocenters. The van der Waals surface area contributed by atoms with E-state index >= 15 is 0 Å². The molecule has 8 heteroatoms. The molecule has 1 heterocycles. The van der Waals surface area contributed by atoms with Crippen molar-refractivity contribution in [3.63, 3.8) is 0 Å². The number of carbonyl (C=O) groups is 3. The van der Waals surface area contributed by atoms with E-state index in [-0.39, 0.29) is 29.8 Å². The Morgan fingerprint density at radius 1 is 1.33 bits per heavy atom. The van der Waals surface area contributed by atoms with Crippen molar-refractivity contribution in [1.29, 1.82) is 0 Å². The molecule has 1 fully saturated rings. The molecule has 1 unspecified atom stereocenters. The van der Waals surface area contributed by atoms with Crippen molar-refractivity contribution < 1.29 is 19.1 Å². The molecule has 1 aromatic rings. The van der Waals surface area contributed by atoms with Gasteiger partial charge in [-0.3, -0.25) is 14.4 Å². The molecule has 0 radical (unpaired) electrons. The fraction of sp³-hybridized carbons (Fsp3) is 0.474. The van der Waals surface area contributed by atoms with Crippen LogP contribution in [0.1, 0.15) is 31.7 Å². The van der Waals surface area contributed by atoms with Crippen molar-refractivity contribution >= 4 is 35.1 Å². The van der Waals surface area contributed by atoms with Crippen LogP contribution >= 0.6 is 12.2 Å². The highest BCUT2D eigenvalue weighted by molar-refractivity contribution is 7.80. The fourth-order valence-electron chi connectivity index (χ4n) is 2.72. The average molecular weight is 391 g/mol. The molecule has 1 aliphatic heterocycles. The summed E-state index contributed by atoms with van der Waals surface area (Å²) in [5, 5.41) is 5.53. The van der Waals surface area contributed by atoms with Crippen molar-refractivity contribution in [1.82, 2.24) is 15.5 Å². The second-order valence-corrected chi connectivity index (χ2v) is 6.68. The third kappa shape index (κ3) is 6.63. The Bertz CT molecular complexity index is 681. The van der Waals surface area contributed by atoms with Crippen LogP contribution in [0.15, 0.2) is 30.3 Å². The lowest BCUT2D eigenvalue weighted by atomic mass is 10.1. The molecule has 27 heavy (non-hydrogen) atoms. The number of benzene rings is 1. The number of thiocarbonyl (C=S) groups is 1. The number of hydrogen-bond acceptors (Lipinski definition) is 5. The van der Waals surface area contributed by atoms with Gasteiger partial charge in [-0.25, -0.2) is 0 Å². The van der Waals surface area contributed by atoms with E-state index in [2.05, 4.69) is 10.6 Å². The van der Waals surface area contributed by atoms with Crippen LogP contribution in [-0.4, -0.2) is 53.5 Å². The van der Waals surface area contributed by atoms with E-state index in [9.17, 15) is 14.4 Å². The minimum atomic E-state index is -0.780. The molecule has 1 aromatic carbocycles. The van der Waals surface area contributed by atoms with E-state index in [1.54, 1.807) is 4.90 Å². The van der Waals surface area contributed by atoms with Crippen LogP contribution in [0.5, 0.6) is 0 Å². The lowest BCUT2D eigenvalue weighted by molar-refractivity contribution is -0.147. The Kier molecular flexibility index (Phi) is 8.19. The number of amides is 2. The van der Waals surface area contributed by atoms with E-state index < -0.39 is 12.0 Å². The highest BCUT2D eigenvalue weighted by Crippen LogP contribution is 2.11. The largest absolute Gasteiger partial charge is 0.466 e. The number of ether oxygens (including phenoxy) is 1. The van der Waals surface area contributed by atoms with Crippen molar-refractivity contribution in [2.24, 2.45) is 0 Å². The number of unbranched alkanes of at least 4 members (excludes halogenated alkanes) is 1. The topological polar surface area (TPSA) is 87.7 Å². The van der Waals surface area contributed by atoms with Gasteiger partial charge in [0.1, 0.15) is 6.04 Å². The zero-order chi connectivity index (χ0) is 19.6. The summed E-state index contributed by atoms with van der Waals surface area (Å²) in [6.45, 7) is 3.15. The highest BCUT2D eigenvalue weighted by atomic mass is 32.1. The van der Waals surface area contributed by atoms with Crippen LogP contribution in [0.3, 0.4) is 0 Å². The summed E-state index contributed by atoms with van der Waals surface area (Å²) in [5.41, 5.74) is 0.866. The Balaban J connectivity index is 1.93. The summed E-state index contributed by atoms with van der Waals surface area (Å²) in [4.78, 5) is 38.0. The van der Waals surface area contributed by atoms with Crippen molar-refractivity contribution in [2.45, 2.75) is 38.6 Å². The van der Waals surface area contributed by atoms with Gasteiger partial charge in [-0.15, -0.1) is 0 Å². The summed E-state index contributed by atoms with van der Waals surface area (Å²) in [6, 6.07) is 8.52. The van der Waals surface area contributed by atoms with Gasteiger partial charge in [-0.2, -0.15) is 0 Å². The van der Waals surface area contributed by atoms with E-state index in [0.29, 0.717) is 19.7 Å². The molecule has 0 saturated carbocycles. The quantitative estimate of drug-likeness (QED) is 0.412. The van der Waals surface area contributed by atoms with Gasteiger partial charge in [-0.1, -0.05) is 43.7 Å². The molecule has 0 aliphatic carbocycles. The van der Waals surface area contributed by atoms with Crippen LogP contribution in [-0.2, 0) is 25.5 Å². The Morgan fingerprint density at radius 3 is 2.78 bits per heavy atom. The standard InChI is InChI=1S/C19H25N3O4S/c1-2-3-11-26-17(24)13-15-18(25)20-9-10-22(15)19(27)21-16(23)12-14-7-5-4-6-8-14/h4-8,15H,2-3,9-13H2,1H3,(H,20,25)(H,21,23,27). The van der Waals surface area contributed by atoms with Gasteiger partial charge in [0.05, 0.1) is 19.4 Å². The van der Waals surface area contributed by atoms with E-state index in [0.717, 1.165) is 18.4 Å². The van der Waals surface area contributed by atoms with Gasteiger partial charge >= 0.3 is 5.97 Å². The first kappa shape index (κ1) is 20.8. The Labute approximate surface area is 164 Å².